The molecule has 0 fully saturated rings. The van der Waals surface area contributed by atoms with Crippen LogP contribution >= 0.6 is 0 Å². The molecule has 6 nitrogen and oxygen atoms in total. The first kappa shape index (κ1) is 20.5. The van der Waals surface area contributed by atoms with Crippen molar-refractivity contribution in [2.45, 2.75) is 44.6 Å². The smallest absolute Gasteiger partial charge is 0.241 e. The van der Waals surface area contributed by atoms with Crippen LogP contribution in [0.5, 0.6) is 17.2 Å². The van der Waals surface area contributed by atoms with E-state index in [1.807, 2.05) is 26.0 Å². The van der Waals surface area contributed by atoms with Crippen molar-refractivity contribution >= 4 is 10.0 Å². The molecule has 1 N–H and O–H groups in total. The Morgan fingerprint density at radius 3 is 2.32 bits per heavy atom. The summed E-state index contributed by atoms with van der Waals surface area (Å²) in [5.41, 5.74) is 2.94. The monoisotopic (exact) mass is 405 g/mol. The van der Waals surface area contributed by atoms with E-state index >= 15 is 0 Å². The zero-order valence-electron chi connectivity index (χ0n) is 16.9. The third-order valence-corrected chi connectivity index (χ3v) is 6.40. The largest absolute Gasteiger partial charge is 0.496 e. The average molecular weight is 406 g/mol. The maximum absolute atomic E-state index is 12.9. The topological polar surface area (TPSA) is 73.9 Å². The third kappa shape index (κ3) is 4.10. The maximum atomic E-state index is 12.9. The van der Waals surface area contributed by atoms with Crippen LogP contribution in [0.2, 0.25) is 0 Å². The van der Waals surface area contributed by atoms with E-state index in [2.05, 4.69) is 18.6 Å². The van der Waals surface area contributed by atoms with Crippen molar-refractivity contribution in [1.29, 1.82) is 0 Å². The second kappa shape index (κ2) is 8.01. The lowest BCUT2D eigenvalue weighted by molar-refractivity contribution is 0.171. The minimum Gasteiger partial charge on any atom is -0.496 e. The van der Waals surface area contributed by atoms with E-state index in [-0.39, 0.29) is 10.8 Å². The van der Waals surface area contributed by atoms with Crippen LogP contribution in [-0.4, -0.2) is 28.7 Å². The van der Waals surface area contributed by atoms with Gasteiger partial charge in [-0.1, -0.05) is 13.8 Å². The number of methoxy groups -OCH3 is 1. The molecule has 7 heteroatoms. The summed E-state index contributed by atoms with van der Waals surface area (Å²) in [5, 5.41) is 0. The lowest BCUT2D eigenvalue weighted by Crippen LogP contribution is -2.27. The molecule has 0 aliphatic carbocycles. The summed E-state index contributed by atoms with van der Waals surface area (Å²) in [6, 6.07) is 8.24. The molecule has 28 heavy (non-hydrogen) atoms. The molecule has 2 aromatic rings. The Morgan fingerprint density at radius 2 is 1.68 bits per heavy atom. The van der Waals surface area contributed by atoms with Gasteiger partial charge in [0.15, 0.2) is 11.5 Å². The molecule has 0 spiro atoms. The van der Waals surface area contributed by atoms with Crippen molar-refractivity contribution in [3.8, 4) is 17.2 Å². The summed E-state index contributed by atoms with van der Waals surface area (Å²) in [4.78, 5) is 0.152. The van der Waals surface area contributed by atoms with Gasteiger partial charge in [0.2, 0.25) is 10.0 Å². The normalized spacial score (nSPS) is 14.8. The van der Waals surface area contributed by atoms with Crippen molar-refractivity contribution < 1.29 is 22.6 Å². The fourth-order valence-corrected chi connectivity index (χ4v) is 4.60. The van der Waals surface area contributed by atoms with Crippen LogP contribution in [-0.2, 0) is 10.0 Å². The van der Waals surface area contributed by atoms with Gasteiger partial charge in [0.1, 0.15) is 19.0 Å². The molecule has 3 rings (SSSR count). The Bertz CT molecular complexity index is 969. The standard InChI is InChI=1S/C21H27NO5S/c1-13(2)17-12-18(14(3)10-20(17)25-5)15(4)22-28(23,24)16-6-7-19-21(11-16)27-9-8-26-19/h6-7,10-13,15,22H,8-9H2,1-5H3/t15-/m0/s1. The number of ether oxygens (including phenoxy) is 3. The fraction of sp³-hybridized carbons (Fsp3) is 0.429. The van der Waals surface area contributed by atoms with Gasteiger partial charge in [-0.3, -0.25) is 0 Å². The van der Waals surface area contributed by atoms with Gasteiger partial charge >= 0.3 is 0 Å². The second-order valence-corrected chi connectivity index (χ2v) is 8.97. The van der Waals surface area contributed by atoms with Crippen LogP contribution in [0.1, 0.15) is 49.4 Å². The molecule has 152 valence electrons. The molecule has 0 aromatic heterocycles. The van der Waals surface area contributed by atoms with E-state index < -0.39 is 16.1 Å². The minimum absolute atomic E-state index is 0.152. The van der Waals surface area contributed by atoms with Gasteiger partial charge in [-0.25, -0.2) is 13.1 Å². The zero-order chi connectivity index (χ0) is 20.5. The highest BCUT2D eigenvalue weighted by Crippen LogP contribution is 2.34. The first-order valence-electron chi connectivity index (χ1n) is 9.33. The molecule has 0 saturated heterocycles. The molecule has 1 atom stereocenters. The Hall–Kier alpha value is -2.25. The molecule has 1 aliphatic heterocycles. The number of hydrogen-bond acceptors (Lipinski definition) is 5. The number of rotatable bonds is 6. The van der Waals surface area contributed by atoms with Crippen LogP contribution in [0.15, 0.2) is 35.2 Å². The molecule has 1 aliphatic rings. The van der Waals surface area contributed by atoms with Crippen LogP contribution in [0.3, 0.4) is 0 Å². The molecule has 0 amide bonds. The highest BCUT2D eigenvalue weighted by atomic mass is 32.2. The Balaban J connectivity index is 1.89. The van der Waals surface area contributed by atoms with Gasteiger partial charge in [0.25, 0.3) is 0 Å². The molecule has 0 radical (unpaired) electrons. The lowest BCUT2D eigenvalue weighted by atomic mass is 9.94. The molecular weight excluding hydrogens is 378 g/mol. The van der Waals surface area contributed by atoms with Crippen molar-refractivity contribution in [3.63, 3.8) is 0 Å². The summed E-state index contributed by atoms with van der Waals surface area (Å²) < 4.78 is 45.1. The Kier molecular flexibility index (Phi) is 5.86. The number of sulfonamides is 1. The van der Waals surface area contributed by atoms with E-state index in [1.54, 1.807) is 13.2 Å². The van der Waals surface area contributed by atoms with Gasteiger partial charge in [0.05, 0.1) is 12.0 Å². The van der Waals surface area contributed by atoms with Crippen molar-refractivity contribution in [2.24, 2.45) is 0 Å². The third-order valence-electron chi connectivity index (χ3n) is 4.86. The minimum atomic E-state index is -3.72. The zero-order valence-corrected chi connectivity index (χ0v) is 17.7. The highest BCUT2D eigenvalue weighted by Gasteiger charge is 2.23. The SMILES string of the molecule is COc1cc(C)c([C@H](C)NS(=O)(=O)c2ccc3c(c2)OCCO3)cc1C(C)C. The van der Waals surface area contributed by atoms with Crippen LogP contribution < -0.4 is 18.9 Å². The van der Waals surface area contributed by atoms with E-state index in [9.17, 15) is 8.42 Å². The van der Waals surface area contributed by atoms with E-state index in [1.165, 1.54) is 12.1 Å². The number of fused-ring (bicyclic) bond motifs is 1. The van der Waals surface area contributed by atoms with Crippen molar-refractivity contribution in [3.05, 3.63) is 47.0 Å². The fourth-order valence-electron chi connectivity index (χ4n) is 3.37. The van der Waals surface area contributed by atoms with E-state index in [0.717, 1.165) is 22.4 Å². The van der Waals surface area contributed by atoms with Gasteiger partial charge in [-0.05, 0) is 60.7 Å². The summed E-state index contributed by atoms with van der Waals surface area (Å²) in [5.74, 6) is 2.09. The van der Waals surface area contributed by atoms with Crippen molar-refractivity contribution in [2.75, 3.05) is 20.3 Å². The predicted molar refractivity (Wildman–Crippen MR) is 108 cm³/mol. The summed E-state index contributed by atoms with van der Waals surface area (Å²) in [6.07, 6.45) is 0. The Morgan fingerprint density at radius 1 is 1.00 bits per heavy atom. The maximum Gasteiger partial charge on any atom is 0.241 e. The molecular formula is C21H27NO5S. The van der Waals surface area contributed by atoms with Crippen LogP contribution in [0.4, 0.5) is 0 Å². The van der Waals surface area contributed by atoms with Gasteiger partial charge < -0.3 is 14.2 Å². The first-order valence-corrected chi connectivity index (χ1v) is 10.8. The summed E-state index contributed by atoms with van der Waals surface area (Å²) >= 11 is 0. The van der Waals surface area contributed by atoms with Crippen LogP contribution in [0, 0.1) is 6.92 Å². The second-order valence-electron chi connectivity index (χ2n) is 7.25. The number of aryl methyl sites for hydroxylation is 1. The number of hydrogen-bond donors (Lipinski definition) is 1. The lowest BCUT2D eigenvalue weighted by Gasteiger charge is -2.22. The Labute approximate surface area is 166 Å². The van der Waals surface area contributed by atoms with Gasteiger partial charge in [-0.2, -0.15) is 0 Å². The predicted octanol–water partition coefficient (Wildman–Crippen LogP) is 3.94. The van der Waals surface area contributed by atoms with Gasteiger partial charge in [-0.15, -0.1) is 0 Å². The summed E-state index contributed by atoms with van der Waals surface area (Å²) in [7, 11) is -2.08. The number of benzene rings is 2. The summed E-state index contributed by atoms with van der Waals surface area (Å²) in [6.45, 7) is 8.83. The highest BCUT2D eigenvalue weighted by molar-refractivity contribution is 7.89. The van der Waals surface area contributed by atoms with Gasteiger partial charge in [0, 0.05) is 12.1 Å². The average Bonchev–Trinajstić information content (AvgIpc) is 2.66. The quantitative estimate of drug-likeness (QED) is 0.788. The molecule has 2 aromatic carbocycles. The molecule has 0 unspecified atom stereocenters. The number of nitrogens with one attached hydrogen (secondary N) is 1. The molecule has 0 saturated carbocycles. The van der Waals surface area contributed by atoms with E-state index in [4.69, 9.17) is 14.2 Å². The molecule has 0 bridgehead atoms. The van der Waals surface area contributed by atoms with Crippen LogP contribution in [0.25, 0.3) is 0 Å². The van der Waals surface area contributed by atoms with Crippen molar-refractivity contribution in [1.82, 2.24) is 4.72 Å². The first-order chi connectivity index (χ1) is 13.2. The van der Waals surface area contributed by atoms with E-state index in [0.29, 0.717) is 24.7 Å². The molecule has 1 heterocycles.